The number of hydrogen-bond acceptors (Lipinski definition) is 7. The first-order chi connectivity index (χ1) is 16.6. The lowest BCUT2D eigenvalue weighted by Gasteiger charge is -2.23. The smallest absolute Gasteiger partial charge is 0.357 e. The molecule has 0 bridgehead atoms. The highest BCUT2D eigenvalue weighted by Gasteiger charge is 2.33. The molecule has 0 aliphatic rings. The summed E-state index contributed by atoms with van der Waals surface area (Å²) in [6.07, 6.45) is 2.64. The Kier molecular flexibility index (Phi) is 8.22. The third-order valence-corrected chi connectivity index (χ3v) is 4.97. The minimum Gasteiger partial charge on any atom is -0.489 e. The Labute approximate surface area is 206 Å². The van der Waals surface area contributed by atoms with Gasteiger partial charge in [-0.25, -0.2) is 9.59 Å². The number of nitrogens with zero attached hydrogens (tertiary/aromatic N) is 1. The number of carbonyl (C=O) groups excluding carboxylic acids is 2. The molecule has 0 amide bonds. The zero-order chi connectivity index (χ0) is 25.4. The second-order valence-electron chi connectivity index (χ2n) is 7.89. The van der Waals surface area contributed by atoms with E-state index in [0.29, 0.717) is 22.1 Å². The van der Waals surface area contributed by atoms with Crippen LogP contribution in [-0.4, -0.2) is 22.5 Å². The predicted molar refractivity (Wildman–Crippen MR) is 130 cm³/mol. The number of non-ortho nitro benzene ring substituents is 1. The van der Waals surface area contributed by atoms with Crippen LogP contribution in [0.5, 0.6) is 11.5 Å². The van der Waals surface area contributed by atoms with Gasteiger partial charge in [-0.2, -0.15) is 0 Å². The largest absolute Gasteiger partial charge is 0.489 e. The number of nitro groups is 1. The first-order valence-corrected chi connectivity index (χ1v) is 10.9. The van der Waals surface area contributed by atoms with E-state index in [0.717, 1.165) is 11.6 Å². The van der Waals surface area contributed by atoms with Crippen molar-refractivity contribution in [1.29, 1.82) is 0 Å². The standard InChI is InChI=1S/C26H22ClNO7/c1-26(2,35-23-14-8-20(27)9-15-23)25(30)34-24(29)16-7-18-5-12-22(13-6-18)33-17-19-3-10-21(11-4-19)28(31)32/h3-16H,17H2,1-2H3/b16-7+. The molecule has 3 aromatic rings. The summed E-state index contributed by atoms with van der Waals surface area (Å²) in [5.74, 6) is -0.673. The monoisotopic (exact) mass is 495 g/mol. The number of carbonyl (C=O) groups is 2. The maximum absolute atomic E-state index is 12.4. The summed E-state index contributed by atoms with van der Waals surface area (Å²) in [6.45, 7) is 3.24. The van der Waals surface area contributed by atoms with Gasteiger partial charge in [0.05, 0.1) is 4.92 Å². The third-order valence-electron chi connectivity index (χ3n) is 4.72. The third kappa shape index (κ3) is 7.68. The van der Waals surface area contributed by atoms with Crippen molar-refractivity contribution in [3.8, 4) is 11.5 Å². The van der Waals surface area contributed by atoms with Crippen molar-refractivity contribution in [2.24, 2.45) is 0 Å². The van der Waals surface area contributed by atoms with Crippen molar-refractivity contribution in [1.82, 2.24) is 0 Å². The number of nitro benzene ring substituents is 1. The first kappa shape index (κ1) is 25.5. The predicted octanol–water partition coefficient (Wildman–Crippen LogP) is 5.77. The summed E-state index contributed by atoms with van der Waals surface area (Å²) in [4.78, 5) is 34.7. The SMILES string of the molecule is CC(C)(Oc1ccc(Cl)cc1)C(=O)OC(=O)/C=C/c1ccc(OCc2ccc([N+](=O)[O-])cc2)cc1. The van der Waals surface area contributed by atoms with Crippen LogP contribution in [0.2, 0.25) is 5.02 Å². The summed E-state index contributed by atoms with van der Waals surface area (Å²) in [6, 6.07) is 19.4. The van der Waals surface area contributed by atoms with Gasteiger partial charge in [0.25, 0.3) is 5.69 Å². The zero-order valence-corrected chi connectivity index (χ0v) is 19.7. The van der Waals surface area contributed by atoms with Crippen LogP contribution in [0.25, 0.3) is 6.08 Å². The van der Waals surface area contributed by atoms with Crippen molar-refractivity contribution < 1.29 is 28.7 Å². The van der Waals surface area contributed by atoms with Gasteiger partial charge in [0, 0.05) is 23.2 Å². The van der Waals surface area contributed by atoms with Crippen LogP contribution in [0, 0.1) is 10.1 Å². The lowest BCUT2D eigenvalue weighted by Crippen LogP contribution is -2.40. The van der Waals surface area contributed by atoms with Crippen molar-refractivity contribution >= 4 is 35.3 Å². The topological polar surface area (TPSA) is 105 Å². The lowest BCUT2D eigenvalue weighted by molar-refractivity contribution is -0.384. The van der Waals surface area contributed by atoms with Gasteiger partial charge in [0.2, 0.25) is 5.60 Å². The van der Waals surface area contributed by atoms with Gasteiger partial charge in [-0.1, -0.05) is 23.7 Å². The van der Waals surface area contributed by atoms with E-state index in [-0.39, 0.29) is 12.3 Å². The van der Waals surface area contributed by atoms with Crippen molar-refractivity contribution in [2.45, 2.75) is 26.1 Å². The summed E-state index contributed by atoms with van der Waals surface area (Å²) >= 11 is 5.84. The van der Waals surface area contributed by atoms with Crippen molar-refractivity contribution in [2.75, 3.05) is 0 Å². The molecule has 0 aliphatic carbocycles. The van der Waals surface area contributed by atoms with Crippen LogP contribution in [0.15, 0.2) is 78.9 Å². The molecule has 0 saturated heterocycles. The van der Waals surface area contributed by atoms with Crippen molar-refractivity contribution in [3.63, 3.8) is 0 Å². The van der Waals surface area contributed by atoms with Crippen LogP contribution >= 0.6 is 11.6 Å². The van der Waals surface area contributed by atoms with Crippen molar-refractivity contribution in [3.05, 3.63) is 105 Å². The fourth-order valence-corrected chi connectivity index (χ4v) is 2.93. The fourth-order valence-electron chi connectivity index (χ4n) is 2.81. The van der Waals surface area contributed by atoms with E-state index in [1.165, 1.54) is 32.1 Å². The molecule has 0 N–H and O–H groups in total. The van der Waals surface area contributed by atoms with Crippen LogP contribution in [0.1, 0.15) is 25.0 Å². The molecule has 35 heavy (non-hydrogen) atoms. The van der Waals surface area contributed by atoms with E-state index < -0.39 is 22.5 Å². The number of halogens is 1. The maximum Gasteiger partial charge on any atom is 0.357 e. The minimum atomic E-state index is -1.39. The van der Waals surface area contributed by atoms with Crippen LogP contribution < -0.4 is 9.47 Å². The molecule has 0 saturated carbocycles. The molecule has 0 unspecified atom stereocenters. The number of esters is 2. The normalized spacial score (nSPS) is 11.2. The van der Waals surface area contributed by atoms with E-state index in [1.807, 2.05) is 0 Å². The number of ether oxygens (including phenoxy) is 3. The number of benzene rings is 3. The molecule has 3 rings (SSSR count). The Morgan fingerprint density at radius 2 is 1.54 bits per heavy atom. The minimum absolute atomic E-state index is 0.0164. The summed E-state index contributed by atoms with van der Waals surface area (Å²) < 4.78 is 16.2. The van der Waals surface area contributed by atoms with E-state index in [2.05, 4.69) is 0 Å². The number of hydrogen-bond donors (Lipinski definition) is 0. The highest BCUT2D eigenvalue weighted by Crippen LogP contribution is 2.22. The molecular formula is C26H22ClNO7. The quantitative estimate of drug-likeness (QED) is 0.122. The molecule has 0 atom stereocenters. The first-order valence-electron chi connectivity index (χ1n) is 10.5. The average Bonchev–Trinajstić information content (AvgIpc) is 2.83. The molecule has 0 radical (unpaired) electrons. The van der Waals surface area contributed by atoms with Gasteiger partial charge in [-0.3, -0.25) is 10.1 Å². The Hall–Kier alpha value is -4.17. The Balaban J connectivity index is 1.49. The molecule has 8 nitrogen and oxygen atoms in total. The maximum atomic E-state index is 12.4. The van der Waals surface area contributed by atoms with Gasteiger partial charge in [0.1, 0.15) is 18.1 Å². The van der Waals surface area contributed by atoms with Gasteiger partial charge in [-0.05, 0) is 79.6 Å². The number of rotatable bonds is 9. The van der Waals surface area contributed by atoms with Crippen LogP contribution in [0.3, 0.4) is 0 Å². The molecule has 9 heteroatoms. The van der Waals surface area contributed by atoms with E-state index in [4.69, 9.17) is 25.8 Å². The molecule has 0 aromatic heterocycles. The van der Waals surface area contributed by atoms with Gasteiger partial charge >= 0.3 is 11.9 Å². The average molecular weight is 496 g/mol. The molecule has 3 aromatic carbocycles. The summed E-state index contributed by atoms with van der Waals surface area (Å²) in [7, 11) is 0. The Bertz CT molecular complexity index is 1220. The van der Waals surface area contributed by atoms with Crippen LogP contribution in [-0.2, 0) is 20.9 Å². The molecule has 0 heterocycles. The highest BCUT2D eigenvalue weighted by atomic mass is 35.5. The Morgan fingerprint density at radius 1 is 0.943 bits per heavy atom. The molecule has 0 spiro atoms. The van der Waals surface area contributed by atoms with E-state index >= 15 is 0 Å². The highest BCUT2D eigenvalue weighted by molar-refractivity contribution is 6.30. The zero-order valence-electron chi connectivity index (χ0n) is 19.0. The second kappa shape index (κ2) is 11.3. The fraction of sp³-hybridized carbons (Fsp3) is 0.154. The molecule has 180 valence electrons. The van der Waals surface area contributed by atoms with Crippen LogP contribution in [0.4, 0.5) is 5.69 Å². The van der Waals surface area contributed by atoms with Gasteiger partial charge < -0.3 is 14.2 Å². The van der Waals surface area contributed by atoms with E-state index in [9.17, 15) is 19.7 Å². The van der Waals surface area contributed by atoms with Gasteiger partial charge in [0.15, 0.2) is 0 Å². The summed E-state index contributed by atoms with van der Waals surface area (Å²) in [5.41, 5.74) is 0.103. The molecular weight excluding hydrogens is 474 g/mol. The molecule has 0 aliphatic heterocycles. The van der Waals surface area contributed by atoms with E-state index in [1.54, 1.807) is 60.7 Å². The van der Waals surface area contributed by atoms with Gasteiger partial charge in [-0.15, -0.1) is 0 Å². The Morgan fingerprint density at radius 3 is 2.14 bits per heavy atom. The summed E-state index contributed by atoms with van der Waals surface area (Å²) in [5, 5.41) is 11.2. The lowest BCUT2D eigenvalue weighted by atomic mass is 10.1. The molecule has 0 fully saturated rings. The second-order valence-corrected chi connectivity index (χ2v) is 8.33.